The molecule has 2 aliphatic rings. The molecule has 0 spiro atoms. The highest BCUT2D eigenvalue weighted by molar-refractivity contribution is 5.79. The molecule has 1 amide bonds. The summed E-state index contributed by atoms with van der Waals surface area (Å²) in [5.41, 5.74) is 2.32. The highest BCUT2D eigenvalue weighted by Crippen LogP contribution is 2.32. The number of morpholine rings is 1. The molecule has 2 saturated heterocycles. The van der Waals surface area contributed by atoms with Crippen molar-refractivity contribution in [2.24, 2.45) is 13.0 Å². The van der Waals surface area contributed by atoms with Crippen LogP contribution in [0.25, 0.3) is 0 Å². The molecule has 1 aromatic heterocycles. The van der Waals surface area contributed by atoms with Crippen LogP contribution in [-0.4, -0.2) is 45.9 Å². The molecule has 0 saturated carbocycles. The van der Waals surface area contributed by atoms with Crippen molar-refractivity contribution in [2.75, 3.05) is 13.1 Å². The van der Waals surface area contributed by atoms with Gasteiger partial charge in [-0.15, -0.1) is 0 Å². The summed E-state index contributed by atoms with van der Waals surface area (Å²) in [4.78, 5) is 15.0. The van der Waals surface area contributed by atoms with Crippen molar-refractivity contribution in [1.29, 1.82) is 0 Å². The smallest absolute Gasteiger partial charge is 0.226 e. The third kappa shape index (κ3) is 3.75. The van der Waals surface area contributed by atoms with Crippen LogP contribution in [0.5, 0.6) is 0 Å². The van der Waals surface area contributed by atoms with Crippen LogP contribution >= 0.6 is 0 Å². The highest BCUT2D eigenvalue weighted by Gasteiger charge is 2.44. The van der Waals surface area contributed by atoms with Gasteiger partial charge in [-0.3, -0.25) is 14.4 Å². The molecule has 6 heteroatoms. The maximum absolute atomic E-state index is 12.6. The van der Waals surface area contributed by atoms with Crippen molar-refractivity contribution in [2.45, 2.75) is 31.7 Å². The minimum atomic E-state index is -0.0485. The number of amides is 1. The third-order valence-electron chi connectivity index (χ3n) is 5.04. The highest BCUT2D eigenvalue weighted by atomic mass is 16.5. The van der Waals surface area contributed by atoms with Gasteiger partial charge in [-0.1, -0.05) is 30.3 Å². The van der Waals surface area contributed by atoms with Crippen LogP contribution in [-0.2, 0) is 29.7 Å². The third-order valence-corrected chi connectivity index (χ3v) is 5.04. The maximum Gasteiger partial charge on any atom is 0.226 e. The molecule has 1 N–H and O–H groups in total. The number of aryl methyl sites for hydroxylation is 1. The molecule has 2 fully saturated rings. The van der Waals surface area contributed by atoms with Gasteiger partial charge in [0.05, 0.1) is 24.3 Å². The molecular weight excluding hydrogens is 316 g/mol. The molecule has 132 valence electrons. The lowest BCUT2D eigenvalue weighted by Gasteiger charge is -2.32. The van der Waals surface area contributed by atoms with Crippen molar-refractivity contribution < 1.29 is 9.53 Å². The first-order valence-corrected chi connectivity index (χ1v) is 8.84. The Morgan fingerprint density at radius 3 is 2.88 bits per heavy atom. The quantitative estimate of drug-likeness (QED) is 0.892. The summed E-state index contributed by atoms with van der Waals surface area (Å²) in [5.74, 6) is 0.0622. The van der Waals surface area contributed by atoms with Gasteiger partial charge in [-0.25, -0.2) is 0 Å². The normalized spacial score (nSPS) is 25.9. The summed E-state index contributed by atoms with van der Waals surface area (Å²) in [6, 6.07) is 10.0. The molecule has 3 atom stereocenters. The topological polar surface area (TPSA) is 59.4 Å². The van der Waals surface area contributed by atoms with Gasteiger partial charge in [0.15, 0.2) is 0 Å². The van der Waals surface area contributed by atoms with E-state index in [0.717, 1.165) is 31.6 Å². The second-order valence-electron chi connectivity index (χ2n) is 7.06. The Balaban J connectivity index is 1.33. The van der Waals surface area contributed by atoms with Crippen molar-refractivity contribution in [3.63, 3.8) is 0 Å². The second-order valence-corrected chi connectivity index (χ2v) is 7.06. The van der Waals surface area contributed by atoms with Gasteiger partial charge in [0.2, 0.25) is 5.91 Å². The van der Waals surface area contributed by atoms with E-state index in [0.29, 0.717) is 6.54 Å². The second kappa shape index (κ2) is 6.98. The number of fused-ring (bicyclic) bond motifs is 2. The number of hydrogen-bond donors (Lipinski definition) is 1. The lowest BCUT2D eigenvalue weighted by Crippen LogP contribution is -2.44. The van der Waals surface area contributed by atoms with Crippen molar-refractivity contribution in [3.05, 3.63) is 53.9 Å². The molecule has 2 bridgehead atoms. The lowest BCUT2D eigenvalue weighted by atomic mass is 9.99. The molecule has 25 heavy (non-hydrogen) atoms. The zero-order valence-electron chi connectivity index (χ0n) is 14.5. The molecule has 0 aliphatic carbocycles. The Morgan fingerprint density at radius 2 is 2.12 bits per heavy atom. The summed E-state index contributed by atoms with van der Waals surface area (Å²) < 4.78 is 7.86. The minimum absolute atomic E-state index is 0.00815. The van der Waals surface area contributed by atoms with Gasteiger partial charge in [-0.2, -0.15) is 5.10 Å². The van der Waals surface area contributed by atoms with Gasteiger partial charge < -0.3 is 10.1 Å². The average molecular weight is 340 g/mol. The molecule has 1 aromatic carbocycles. The largest absolute Gasteiger partial charge is 0.371 e. The van der Waals surface area contributed by atoms with Crippen LogP contribution in [0.1, 0.15) is 17.5 Å². The van der Waals surface area contributed by atoms with Crippen LogP contribution in [0.15, 0.2) is 42.7 Å². The Bertz CT molecular complexity index is 730. The number of carbonyl (C=O) groups excluding carboxylic acids is 1. The first kappa shape index (κ1) is 16.3. The van der Waals surface area contributed by atoms with Gasteiger partial charge in [0, 0.05) is 45.0 Å². The summed E-state index contributed by atoms with van der Waals surface area (Å²) in [5, 5.41) is 7.30. The number of hydrogen-bond acceptors (Lipinski definition) is 4. The molecule has 4 rings (SSSR count). The van der Waals surface area contributed by atoms with E-state index in [2.05, 4.69) is 15.3 Å². The molecular formula is C19H24N4O2. The summed E-state index contributed by atoms with van der Waals surface area (Å²) >= 11 is 0. The predicted molar refractivity (Wildman–Crippen MR) is 93.5 cm³/mol. The number of rotatable bonds is 5. The summed E-state index contributed by atoms with van der Waals surface area (Å²) in [6.07, 6.45) is 4.91. The van der Waals surface area contributed by atoms with E-state index in [1.807, 2.05) is 54.5 Å². The maximum atomic E-state index is 12.6. The molecule has 3 heterocycles. The monoisotopic (exact) mass is 340 g/mol. The van der Waals surface area contributed by atoms with E-state index in [1.165, 1.54) is 5.56 Å². The van der Waals surface area contributed by atoms with E-state index < -0.39 is 0 Å². The molecule has 0 radical (unpaired) electrons. The van der Waals surface area contributed by atoms with Gasteiger partial charge in [0.25, 0.3) is 0 Å². The predicted octanol–water partition coefficient (Wildman–Crippen LogP) is 1.33. The van der Waals surface area contributed by atoms with Crippen LogP contribution < -0.4 is 5.32 Å². The molecule has 0 unspecified atom stereocenters. The van der Waals surface area contributed by atoms with E-state index >= 15 is 0 Å². The minimum Gasteiger partial charge on any atom is -0.371 e. The first-order chi connectivity index (χ1) is 12.2. The summed E-state index contributed by atoms with van der Waals surface area (Å²) in [6.45, 7) is 3.12. The van der Waals surface area contributed by atoms with Crippen LogP contribution in [0.4, 0.5) is 0 Å². The fourth-order valence-corrected chi connectivity index (χ4v) is 3.87. The number of benzene rings is 1. The number of aromatic nitrogens is 2. The number of likely N-dealkylation sites (tertiary alicyclic amines) is 1. The molecule has 6 nitrogen and oxygen atoms in total. The van der Waals surface area contributed by atoms with Gasteiger partial charge in [-0.05, 0) is 12.0 Å². The van der Waals surface area contributed by atoms with E-state index in [9.17, 15) is 4.79 Å². The van der Waals surface area contributed by atoms with E-state index in [4.69, 9.17) is 4.74 Å². The Labute approximate surface area is 147 Å². The van der Waals surface area contributed by atoms with Crippen LogP contribution in [0.3, 0.4) is 0 Å². The molecule has 2 aromatic rings. The average Bonchev–Trinajstić information content (AvgIpc) is 3.16. The molecule has 2 aliphatic heterocycles. The Hall–Kier alpha value is -2.18. The fraction of sp³-hybridized carbons (Fsp3) is 0.474. The zero-order chi connectivity index (χ0) is 17.2. The SMILES string of the molecule is Cn1cc(CN2C[C@@H]3C[C@@H](C(=O)NCc4ccccc4)[C@H](C2)O3)cn1. The van der Waals surface area contributed by atoms with Gasteiger partial charge >= 0.3 is 0 Å². The zero-order valence-corrected chi connectivity index (χ0v) is 14.5. The van der Waals surface area contributed by atoms with Crippen molar-refractivity contribution in [3.8, 4) is 0 Å². The van der Waals surface area contributed by atoms with Crippen molar-refractivity contribution >= 4 is 5.91 Å². The number of ether oxygens (including phenoxy) is 1. The van der Waals surface area contributed by atoms with Crippen LogP contribution in [0.2, 0.25) is 0 Å². The van der Waals surface area contributed by atoms with Crippen molar-refractivity contribution in [1.82, 2.24) is 20.0 Å². The fourth-order valence-electron chi connectivity index (χ4n) is 3.87. The Morgan fingerprint density at radius 1 is 1.28 bits per heavy atom. The van der Waals surface area contributed by atoms with E-state index in [1.54, 1.807) is 0 Å². The standard InChI is InChI=1S/C19H24N4O2/c1-22-10-15(9-21-22)11-23-12-16-7-17(18(13-23)25-16)19(24)20-8-14-5-3-2-4-6-14/h2-6,9-10,16-18H,7-8,11-13H2,1H3,(H,20,24)/t16-,17+,18-/m0/s1. The lowest BCUT2D eigenvalue weighted by molar-refractivity contribution is -0.128. The summed E-state index contributed by atoms with van der Waals surface area (Å²) in [7, 11) is 1.93. The van der Waals surface area contributed by atoms with Crippen LogP contribution in [0, 0.1) is 5.92 Å². The van der Waals surface area contributed by atoms with E-state index in [-0.39, 0.29) is 24.0 Å². The van der Waals surface area contributed by atoms with Gasteiger partial charge in [0.1, 0.15) is 0 Å². The first-order valence-electron chi connectivity index (χ1n) is 8.84. The number of nitrogens with one attached hydrogen (secondary N) is 1. The number of carbonyl (C=O) groups is 1. The Kier molecular flexibility index (Phi) is 4.55. The number of nitrogens with zero attached hydrogens (tertiary/aromatic N) is 3.